The van der Waals surface area contributed by atoms with Gasteiger partial charge in [0.25, 0.3) is 0 Å². The maximum atomic E-state index is 12.3. The van der Waals surface area contributed by atoms with Crippen molar-refractivity contribution in [3.63, 3.8) is 0 Å². The molecule has 2 aromatic carbocycles. The first kappa shape index (κ1) is 17.3. The van der Waals surface area contributed by atoms with Gasteiger partial charge in [-0.25, -0.2) is 0 Å². The van der Waals surface area contributed by atoms with E-state index in [0.29, 0.717) is 6.54 Å². The third kappa shape index (κ3) is 4.47. The van der Waals surface area contributed by atoms with E-state index in [1.165, 1.54) is 5.56 Å². The summed E-state index contributed by atoms with van der Waals surface area (Å²) >= 11 is 0. The number of fused-ring (bicyclic) bond motifs is 1. The SMILES string of the molecule is Cc1cccc(NC(=O)CN2CCNCc3ccccc32)c1.Cl. The van der Waals surface area contributed by atoms with Crippen LogP contribution in [-0.2, 0) is 11.3 Å². The number of aryl methyl sites for hydroxylation is 1. The Morgan fingerprint density at radius 3 is 2.87 bits per heavy atom. The summed E-state index contributed by atoms with van der Waals surface area (Å²) in [7, 11) is 0. The van der Waals surface area contributed by atoms with Crippen molar-refractivity contribution >= 4 is 29.7 Å². The molecule has 5 heteroatoms. The molecular weight excluding hydrogens is 310 g/mol. The van der Waals surface area contributed by atoms with Crippen LogP contribution in [0.1, 0.15) is 11.1 Å². The number of carbonyl (C=O) groups excluding carboxylic acids is 1. The van der Waals surface area contributed by atoms with Gasteiger partial charge in [-0.3, -0.25) is 4.79 Å². The predicted octanol–water partition coefficient (Wildman–Crippen LogP) is 2.97. The number of anilines is 2. The van der Waals surface area contributed by atoms with E-state index in [4.69, 9.17) is 0 Å². The van der Waals surface area contributed by atoms with Crippen molar-refractivity contribution in [2.45, 2.75) is 13.5 Å². The molecule has 0 unspecified atom stereocenters. The van der Waals surface area contributed by atoms with Gasteiger partial charge in [0.05, 0.1) is 6.54 Å². The molecule has 1 heterocycles. The van der Waals surface area contributed by atoms with E-state index in [0.717, 1.165) is 36.6 Å². The van der Waals surface area contributed by atoms with Crippen LogP contribution >= 0.6 is 12.4 Å². The highest BCUT2D eigenvalue weighted by atomic mass is 35.5. The zero-order chi connectivity index (χ0) is 15.4. The number of para-hydroxylation sites is 1. The second kappa shape index (κ2) is 7.99. The lowest BCUT2D eigenvalue weighted by molar-refractivity contribution is -0.115. The molecule has 0 atom stereocenters. The van der Waals surface area contributed by atoms with Crippen LogP contribution in [0.2, 0.25) is 0 Å². The number of hydrogen-bond donors (Lipinski definition) is 2. The van der Waals surface area contributed by atoms with Crippen LogP contribution in [0.5, 0.6) is 0 Å². The van der Waals surface area contributed by atoms with Gasteiger partial charge in [-0.1, -0.05) is 30.3 Å². The molecule has 0 fully saturated rings. The lowest BCUT2D eigenvalue weighted by Gasteiger charge is -2.23. The molecular formula is C18H22ClN3O. The monoisotopic (exact) mass is 331 g/mol. The molecule has 0 bridgehead atoms. The molecule has 122 valence electrons. The van der Waals surface area contributed by atoms with E-state index in [-0.39, 0.29) is 18.3 Å². The number of benzene rings is 2. The molecule has 0 saturated heterocycles. The van der Waals surface area contributed by atoms with Gasteiger partial charge in [-0.15, -0.1) is 12.4 Å². The topological polar surface area (TPSA) is 44.4 Å². The molecule has 2 aromatic rings. The van der Waals surface area contributed by atoms with Crippen LogP contribution in [0.4, 0.5) is 11.4 Å². The van der Waals surface area contributed by atoms with E-state index in [2.05, 4.69) is 27.7 Å². The number of amides is 1. The number of hydrogen-bond acceptors (Lipinski definition) is 3. The Kier molecular flexibility index (Phi) is 6.02. The Hall–Kier alpha value is -2.04. The highest BCUT2D eigenvalue weighted by molar-refractivity contribution is 5.94. The summed E-state index contributed by atoms with van der Waals surface area (Å²) in [5.74, 6) is 0.0160. The van der Waals surface area contributed by atoms with E-state index in [1.807, 2.05) is 43.3 Å². The quantitative estimate of drug-likeness (QED) is 0.909. The fourth-order valence-electron chi connectivity index (χ4n) is 2.79. The van der Waals surface area contributed by atoms with Gasteiger partial charge in [0.1, 0.15) is 0 Å². The van der Waals surface area contributed by atoms with Gasteiger partial charge < -0.3 is 15.5 Å². The molecule has 0 aromatic heterocycles. The largest absolute Gasteiger partial charge is 0.361 e. The Morgan fingerprint density at radius 2 is 2.04 bits per heavy atom. The standard InChI is InChI=1S/C18H21N3O.ClH/c1-14-5-4-7-16(11-14)20-18(22)13-21-10-9-19-12-15-6-2-3-8-17(15)21;/h2-8,11,19H,9-10,12-13H2,1H3,(H,20,22);1H. The number of rotatable bonds is 3. The third-order valence-electron chi connectivity index (χ3n) is 3.84. The number of halogens is 1. The van der Waals surface area contributed by atoms with Gasteiger partial charge in [-0.2, -0.15) is 0 Å². The first-order valence-corrected chi connectivity index (χ1v) is 7.62. The molecule has 23 heavy (non-hydrogen) atoms. The summed E-state index contributed by atoms with van der Waals surface area (Å²) in [5.41, 5.74) is 4.38. The van der Waals surface area contributed by atoms with Crippen LogP contribution in [0.3, 0.4) is 0 Å². The van der Waals surface area contributed by atoms with E-state index < -0.39 is 0 Å². The first-order valence-electron chi connectivity index (χ1n) is 7.62. The summed E-state index contributed by atoms with van der Waals surface area (Å²) in [5, 5.41) is 6.37. The molecule has 3 rings (SSSR count). The van der Waals surface area contributed by atoms with Crippen LogP contribution < -0.4 is 15.5 Å². The molecule has 0 saturated carbocycles. The molecule has 2 N–H and O–H groups in total. The fraction of sp³-hybridized carbons (Fsp3) is 0.278. The highest BCUT2D eigenvalue weighted by Gasteiger charge is 2.17. The van der Waals surface area contributed by atoms with Crippen LogP contribution in [0.15, 0.2) is 48.5 Å². The average molecular weight is 332 g/mol. The molecule has 4 nitrogen and oxygen atoms in total. The average Bonchev–Trinajstić information content (AvgIpc) is 2.70. The third-order valence-corrected chi connectivity index (χ3v) is 3.84. The minimum atomic E-state index is 0. The Morgan fingerprint density at radius 1 is 1.22 bits per heavy atom. The lowest BCUT2D eigenvalue weighted by atomic mass is 10.1. The van der Waals surface area contributed by atoms with Gasteiger partial charge in [0.15, 0.2) is 0 Å². The van der Waals surface area contributed by atoms with Crippen molar-refractivity contribution < 1.29 is 4.79 Å². The minimum absolute atomic E-state index is 0. The van der Waals surface area contributed by atoms with Crippen molar-refractivity contribution in [1.82, 2.24) is 5.32 Å². The summed E-state index contributed by atoms with van der Waals surface area (Å²) in [6.45, 7) is 4.95. The van der Waals surface area contributed by atoms with Crippen molar-refractivity contribution in [3.05, 3.63) is 59.7 Å². The number of nitrogens with one attached hydrogen (secondary N) is 2. The Bertz CT molecular complexity index is 675. The summed E-state index contributed by atoms with van der Waals surface area (Å²) < 4.78 is 0. The molecule has 1 amide bonds. The van der Waals surface area contributed by atoms with Gasteiger partial charge in [0.2, 0.25) is 5.91 Å². The molecule has 0 radical (unpaired) electrons. The number of nitrogens with zero attached hydrogens (tertiary/aromatic N) is 1. The maximum Gasteiger partial charge on any atom is 0.243 e. The summed E-state index contributed by atoms with van der Waals surface area (Å²) in [6, 6.07) is 16.1. The van der Waals surface area contributed by atoms with E-state index in [1.54, 1.807) is 0 Å². The Labute approximate surface area is 143 Å². The molecule has 0 aliphatic carbocycles. The minimum Gasteiger partial charge on any atom is -0.361 e. The van der Waals surface area contributed by atoms with Gasteiger partial charge >= 0.3 is 0 Å². The molecule has 1 aliphatic rings. The molecule has 0 spiro atoms. The number of carbonyl (C=O) groups is 1. The molecule has 1 aliphatic heterocycles. The predicted molar refractivity (Wildman–Crippen MR) is 97.4 cm³/mol. The van der Waals surface area contributed by atoms with Gasteiger partial charge in [-0.05, 0) is 36.2 Å². The fourth-order valence-corrected chi connectivity index (χ4v) is 2.79. The smallest absolute Gasteiger partial charge is 0.243 e. The zero-order valence-corrected chi connectivity index (χ0v) is 14.0. The Balaban J connectivity index is 0.00000192. The van der Waals surface area contributed by atoms with Crippen molar-refractivity contribution in [3.8, 4) is 0 Å². The van der Waals surface area contributed by atoms with Crippen molar-refractivity contribution in [2.24, 2.45) is 0 Å². The maximum absolute atomic E-state index is 12.3. The highest BCUT2D eigenvalue weighted by Crippen LogP contribution is 2.22. The van der Waals surface area contributed by atoms with Crippen LogP contribution in [0, 0.1) is 6.92 Å². The second-order valence-electron chi connectivity index (χ2n) is 5.64. The summed E-state index contributed by atoms with van der Waals surface area (Å²) in [6.07, 6.45) is 0. The normalized spacial score (nSPS) is 13.5. The second-order valence-corrected chi connectivity index (χ2v) is 5.64. The lowest BCUT2D eigenvalue weighted by Crippen LogP contribution is -2.36. The van der Waals surface area contributed by atoms with Crippen molar-refractivity contribution in [1.29, 1.82) is 0 Å². The van der Waals surface area contributed by atoms with E-state index in [9.17, 15) is 4.79 Å². The van der Waals surface area contributed by atoms with Gasteiger partial charge in [0, 0.05) is 31.0 Å². The van der Waals surface area contributed by atoms with E-state index >= 15 is 0 Å². The zero-order valence-electron chi connectivity index (χ0n) is 13.2. The van der Waals surface area contributed by atoms with Crippen LogP contribution in [-0.4, -0.2) is 25.5 Å². The van der Waals surface area contributed by atoms with Crippen LogP contribution in [0.25, 0.3) is 0 Å². The van der Waals surface area contributed by atoms with Crippen molar-refractivity contribution in [2.75, 3.05) is 29.9 Å². The summed E-state index contributed by atoms with van der Waals surface area (Å²) in [4.78, 5) is 14.5. The first-order chi connectivity index (χ1) is 10.7.